The van der Waals surface area contributed by atoms with Gasteiger partial charge < -0.3 is 14.8 Å². The summed E-state index contributed by atoms with van der Waals surface area (Å²) < 4.78 is 51.6. The fourth-order valence-electron chi connectivity index (χ4n) is 3.82. The Morgan fingerprint density at radius 2 is 1.94 bits per heavy atom. The fraction of sp³-hybridized carbons (Fsp3) is 0.304. The van der Waals surface area contributed by atoms with E-state index in [-0.39, 0.29) is 48.4 Å². The van der Waals surface area contributed by atoms with Crippen molar-refractivity contribution in [2.24, 2.45) is 9.98 Å². The quantitative estimate of drug-likeness (QED) is 0.664. The van der Waals surface area contributed by atoms with E-state index < -0.39 is 17.5 Å². The van der Waals surface area contributed by atoms with E-state index >= 15 is 0 Å². The van der Waals surface area contributed by atoms with Gasteiger partial charge >= 0.3 is 6.18 Å². The van der Waals surface area contributed by atoms with E-state index in [1.54, 1.807) is 18.2 Å². The zero-order chi connectivity index (χ0) is 23.8. The molecular formula is C23H20F3N3O4. The molecule has 0 bridgehead atoms. The van der Waals surface area contributed by atoms with Gasteiger partial charge in [-0.2, -0.15) is 13.2 Å². The van der Waals surface area contributed by atoms with Crippen molar-refractivity contribution < 1.29 is 32.2 Å². The molecule has 2 aromatic carbocycles. The van der Waals surface area contributed by atoms with Crippen LogP contribution in [-0.2, 0) is 17.6 Å². The highest BCUT2D eigenvalue weighted by Gasteiger charge is 2.35. The lowest BCUT2D eigenvalue weighted by atomic mass is 9.87. The van der Waals surface area contributed by atoms with Gasteiger partial charge in [-0.1, -0.05) is 18.2 Å². The number of methoxy groups -OCH3 is 1. The van der Waals surface area contributed by atoms with E-state index in [0.29, 0.717) is 17.3 Å². The summed E-state index contributed by atoms with van der Waals surface area (Å²) in [5, 5.41) is 2.70. The van der Waals surface area contributed by atoms with Crippen molar-refractivity contribution in [2.45, 2.75) is 32.0 Å². The van der Waals surface area contributed by atoms with Crippen LogP contribution in [0.5, 0.6) is 11.5 Å². The van der Waals surface area contributed by atoms with Crippen LogP contribution >= 0.6 is 0 Å². The number of halogens is 3. The van der Waals surface area contributed by atoms with Crippen molar-refractivity contribution in [3.8, 4) is 11.5 Å². The first-order valence-electron chi connectivity index (χ1n) is 10.1. The van der Waals surface area contributed by atoms with Gasteiger partial charge in [0.2, 0.25) is 5.91 Å². The number of Topliss-reactive ketones (excluding diaryl/α,β-unsaturated/α-hetero) is 1. The molecule has 1 amide bonds. The lowest BCUT2D eigenvalue weighted by Gasteiger charge is -2.24. The highest BCUT2D eigenvalue weighted by atomic mass is 19.4. The summed E-state index contributed by atoms with van der Waals surface area (Å²) in [6, 6.07) is 8.40. The van der Waals surface area contributed by atoms with E-state index in [1.807, 2.05) is 0 Å². The molecule has 7 nitrogen and oxygen atoms in total. The number of carbonyl (C=O) groups excluding carboxylic acids is 2. The van der Waals surface area contributed by atoms with Gasteiger partial charge in [-0.05, 0) is 30.7 Å². The number of hydrogen-bond acceptors (Lipinski definition) is 6. The third-order valence-corrected chi connectivity index (χ3v) is 5.48. The highest BCUT2D eigenvalue weighted by Crippen LogP contribution is 2.37. The van der Waals surface area contributed by atoms with E-state index in [4.69, 9.17) is 9.47 Å². The van der Waals surface area contributed by atoms with Crippen LogP contribution in [-0.4, -0.2) is 37.0 Å². The Kier molecular flexibility index (Phi) is 5.92. The first-order valence-corrected chi connectivity index (χ1v) is 10.1. The molecule has 0 aromatic heterocycles. The molecule has 0 aliphatic carbocycles. The van der Waals surface area contributed by atoms with E-state index in [1.165, 1.54) is 26.2 Å². The number of piperidine rings is 1. The number of nitrogens with one attached hydrogen (secondary N) is 1. The lowest BCUT2D eigenvalue weighted by molar-refractivity contribution is -0.138. The number of ether oxygens (including phenoxy) is 2. The maximum Gasteiger partial charge on any atom is 0.416 e. The average Bonchev–Trinajstić information content (AvgIpc) is 3.24. The second-order valence-electron chi connectivity index (χ2n) is 7.62. The second kappa shape index (κ2) is 8.68. The standard InChI is InChI=1S/C23H20F3N3O4/c1-12(30)13-3-4-15(17(7-13)23(24,25)26)10-33-18-6-5-14(8-19(18)32-2)16-9-20(31)29-22-21(16)27-11-28-22/h3-8,16H,9-11H2,1-2H3,(H,28,29,31). The van der Waals surface area contributed by atoms with Crippen LogP contribution in [0.15, 0.2) is 46.4 Å². The minimum absolute atomic E-state index is 0.0257. The number of carbonyl (C=O) groups is 2. The molecule has 1 unspecified atom stereocenters. The van der Waals surface area contributed by atoms with Gasteiger partial charge in [0.15, 0.2) is 23.1 Å². The number of nitrogens with zero attached hydrogens (tertiary/aromatic N) is 2. The third-order valence-electron chi connectivity index (χ3n) is 5.48. The van der Waals surface area contributed by atoms with Crippen LogP contribution < -0.4 is 14.8 Å². The number of amidine groups is 1. The van der Waals surface area contributed by atoms with Crippen molar-refractivity contribution in [2.75, 3.05) is 13.8 Å². The third kappa shape index (κ3) is 4.59. The second-order valence-corrected chi connectivity index (χ2v) is 7.62. The Balaban J connectivity index is 1.58. The average molecular weight is 459 g/mol. The maximum absolute atomic E-state index is 13.5. The topological polar surface area (TPSA) is 89.3 Å². The summed E-state index contributed by atoms with van der Waals surface area (Å²) >= 11 is 0. The molecule has 4 rings (SSSR count). The Morgan fingerprint density at radius 1 is 1.15 bits per heavy atom. The number of rotatable bonds is 6. The van der Waals surface area contributed by atoms with Crippen molar-refractivity contribution in [3.63, 3.8) is 0 Å². The molecule has 0 spiro atoms. The molecule has 2 aliphatic rings. The van der Waals surface area contributed by atoms with Crippen LogP contribution in [0.3, 0.4) is 0 Å². The van der Waals surface area contributed by atoms with Crippen molar-refractivity contribution in [3.05, 3.63) is 58.7 Å². The molecule has 0 radical (unpaired) electrons. The van der Waals surface area contributed by atoms with Crippen LogP contribution in [0, 0.1) is 0 Å². The number of amides is 1. The smallest absolute Gasteiger partial charge is 0.416 e. The van der Waals surface area contributed by atoms with E-state index in [2.05, 4.69) is 15.3 Å². The van der Waals surface area contributed by atoms with Gasteiger partial charge in [-0.3, -0.25) is 14.6 Å². The normalized spacial score (nSPS) is 17.6. The number of hydrogen-bond donors (Lipinski definition) is 1. The monoisotopic (exact) mass is 459 g/mol. The fourth-order valence-corrected chi connectivity index (χ4v) is 3.82. The van der Waals surface area contributed by atoms with Gasteiger partial charge in [0.05, 0.1) is 18.4 Å². The number of aliphatic imine (C=N–C) groups is 2. The molecule has 33 heavy (non-hydrogen) atoms. The summed E-state index contributed by atoms with van der Waals surface area (Å²) in [6.45, 7) is 1.09. The number of alkyl halides is 3. The summed E-state index contributed by atoms with van der Waals surface area (Å²) in [4.78, 5) is 32.0. The molecule has 2 aromatic rings. The Bertz CT molecular complexity index is 1190. The van der Waals surface area contributed by atoms with Crippen LogP contribution in [0.4, 0.5) is 13.2 Å². The van der Waals surface area contributed by atoms with Crippen LogP contribution in [0.1, 0.15) is 46.3 Å². The lowest BCUT2D eigenvalue weighted by Crippen LogP contribution is -2.44. The van der Waals surface area contributed by atoms with Crippen LogP contribution in [0.2, 0.25) is 0 Å². The first kappa shape index (κ1) is 22.5. The number of fused-ring (bicyclic) bond motifs is 1. The van der Waals surface area contributed by atoms with E-state index in [9.17, 15) is 22.8 Å². The summed E-state index contributed by atoms with van der Waals surface area (Å²) in [6.07, 6.45) is -4.44. The largest absolute Gasteiger partial charge is 0.493 e. The predicted molar refractivity (Wildman–Crippen MR) is 114 cm³/mol. The Labute approximate surface area is 187 Å². The maximum atomic E-state index is 13.5. The molecule has 0 saturated carbocycles. The molecule has 1 N–H and O–H groups in total. The minimum Gasteiger partial charge on any atom is -0.493 e. The van der Waals surface area contributed by atoms with Crippen molar-refractivity contribution in [1.29, 1.82) is 0 Å². The molecular weight excluding hydrogens is 439 g/mol. The Morgan fingerprint density at radius 3 is 2.64 bits per heavy atom. The predicted octanol–water partition coefficient (Wildman–Crippen LogP) is 3.91. The zero-order valence-corrected chi connectivity index (χ0v) is 17.8. The van der Waals surface area contributed by atoms with Gasteiger partial charge in [0.1, 0.15) is 13.3 Å². The van der Waals surface area contributed by atoms with Gasteiger partial charge in [0.25, 0.3) is 0 Å². The van der Waals surface area contributed by atoms with Crippen molar-refractivity contribution in [1.82, 2.24) is 5.32 Å². The minimum atomic E-state index is -4.64. The van der Waals surface area contributed by atoms with Crippen LogP contribution in [0.25, 0.3) is 0 Å². The zero-order valence-electron chi connectivity index (χ0n) is 17.8. The van der Waals surface area contributed by atoms with Gasteiger partial charge in [-0.25, -0.2) is 4.99 Å². The number of ketones is 1. The highest BCUT2D eigenvalue weighted by molar-refractivity contribution is 6.48. The molecule has 1 atom stereocenters. The summed E-state index contributed by atoms with van der Waals surface area (Å²) in [5.41, 5.74) is 0.381. The molecule has 1 fully saturated rings. The molecule has 1 saturated heterocycles. The molecule has 2 aliphatic heterocycles. The molecule has 172 valence electrons. The summed E-state index contributed by atoms with van der Waals surface area (Å²) in [5.74, 6) is 0.0782. The number of benzene rings is 2. The Hall–Kier alpha value is -3.69. The molecule has 2 heterocycles. The molecule has 10 heteroatoms. The van der Waals surface area contributed by atoms with Gasteiger partial charge in [0, 0.05) is 23.5 Å². The van der Waals surface area contributed by atoms with E-state index in [0.717, 1.165) is 11.6 Å². The SMILES string of the molecule is COc1cc(C2CC(=O)NC3=NCN=C32)ccc1OCc1ccc(C(C)=O)cc1C(F)(F)F. The summed E-state index contributed by atoms with van der Waals surface area (Å²) in [7, 11) is 1.42. The van der Waals surface area contributed by atoms with Gasteiger partial charge in [-0.15, -0.1) is 0 Å². The van der Waals surface area contributed by atoms with Crippen molar-refractivity contribution >= 4 is 23.2 Å². The first-order chi connectivity index (χ1) is 15.7.